The van der Waals surface area contributed by atoms with Crippen LogP contribution in [0.25, 0.3) is 11.3 Å². The molecule has 17 heavy (non-hydrogen) atoms. The molecule has 2 aromatic rings. The van der Waals surface area contributed by atoms with Gasteiger partial charge in [0.2, 0.25) is 0 Å². The first-order chi connectivity index (χ1) is 8.24. The van der Waals surface area contributed by atoms with Gasteiger partial charge in [0.1, 0.15) is 0 Å². The zero-order valence-electron chi connectivity index (χ0n) is 9.51. The summed E-state index contributed by atoms with van der Waals surface area (Å²) in [7, 11) is 0. The van der Waals surface area contributed by atoms with Crippen LogP contribution in [-0.4, -0.2) is 15.3 Å². The Labute approximate surface area is 104 Å². The Bertz CT molecular complexity index is 634. The van der Waals surface area contributed by atoms with Gasteiger partial charge < -0.3 is 0 Å². The van der Waals surface area contributed by atoms with Gasteiger partial charge in [-0.15, -0.1) is 0 Å². The highest BCUT2D eigenvalue weighted by Crippen LogP contribution is 2.24. The lowest BCUT2D eigenvalue weighted by Crippen LogP contribution is -2.19. The Morgan fingerprint density at radius 3 is 3.06 bits per heavy atom. The van der Waals surface area contributed by atoms with Crippen LogP contribution in [0.1, 0.15) is 5.56 Å². The van der Waals surface area contributed by atoms with Crippen LogP contribution < -0.4 is 5.56 Å². The van der Waals surface area contributed by atoms with E-state index in [1.807, 2.05) is 25.1 Å². The van der Waals surface area contributed by atoms with E-state index in [0.717, 1.165) is 28.7 Å². The van der Waals surface area contributed by atoms with Crippen LogP contribution in [0.2, 0.25) is 0 Å². The summed E-state index contributed by atoms with van der Waals surface area (Å²) in [4.78, 5) is 16.5. The fraction of sp³-hybridized carbons (Fsp3) is 0.231. The fourth-order valence-corrected chi connectivity index (χ4v) is 2.94. The standard InChI is InChI=1S/C13H12N2OS/c1-9-3-2-4-10(7-9)11-8-12(16)15-5-6-17-13(15)14-11/h2-4,7-8H,5-6H2,1H3. The maximum atomic E-state index is 11.9. The van der Waals surface area contributed by atoms with Crippen LogP contribution in [0, 0.1) is 6.92 Å². The minimum absolute atomic E-state index is 0.0523. The van der Waals surface area contributed by atoms with Gasteiger partial charge in [0, 0.05) is 23.9 Å². The minimum Gasteiger partial charge on any atom is -0.287 e. The first-order valence-electron chi connectivity index (χ1n) is 5.56. The van der Waals surface area contributed by atoms with Gasteiger partial charge in [-0.3, -0.25) is 9.36 Å². The van der Waals surface area contributed by atoms with E-state index in [0.29, 0.717) is 0 Å². The molecule has 0 spiro atoms. The van der Waals surface area contributed by atoms with Crippen molar-refractivity contribution in [2.75, 3.05) is 5.75 Å². The second kappa shape index (κ2) is 4.04. The van der Waals surface area contributed by atoms with E-state index in [1.165, 1.54) is 5.56 Å². The quantitative estimate of drug-likeness (QED) is 0.722. The Morgan fingerprint density at radius 1 is 1.35 bits per heavy atom. The molecule has 4 heteroatoms. The van der Waals surface area contributed by atoms with Crippen molar-refractivity contribution in [2.45, 2.75) is 18.6 Å². The highest BCUT2D eigenvalue weighted by Gasteiger charge is 2.15. The summed E-state index contributed by atoms with van der Waals surface area (Å²) in [6.07, 6.45) is 0. The van der Waals surface area contributed by atoms with Gasteiger partial charge >= 0.3 is 0 Å². The number of hydrogen-bond acceptors (Lipinski definition) is 3. The molecule has 0 N–H and O–H groups in total. The highest BCUT2D eigenvalue weighted by molar-refractivity contribution is 7.99. The number of benzene rings is 1. The number of fused-ring (bicyclic) bond motifs is 1. The molecule has 0 saturated carbocycles. The molecule has 0 radical (unpaired) electrons. The SMILES string of the molecule is Cc1cccc(-c2cc(=O)n3c(n2)SCC3)c1. The van der Waals surface area contributed by atoms with E-state index in [1.54, 1.807) is 22.4 Å². The van der Waals surface area contributed by atoms with Crippen molar-refractivity contribution in [1.82, 2.24) is 9.55 Å². The fourth-order valence-electron chi connectivity index (χ4n) is 1.98. The monoisotopic (exact) mass is 244 g/mol. The van der Waals surface area contributed by atoms with Crippen molar-refractivity contribution in [3.8, 4) is 11.3 Å². The molecule has 1 aliphatic heterocycles. The molecule has 1 aromatic carbocycles. The van der Waals surface area contributed by atoms with Crippen LogP contribution in [-0.2, 0) is 6.54 Å². The summed E-state index contributed by atoms with van der Waals surface area (Å²) >= 11 is 1.65. The van der Waals surface area contributed by atoms with E-state index in [-0.39, 0.29) is 5.56 Å². The largest absolute Gasteiger partial charge is 0.287 e. The van der Waals surface area contributed by atoms with E-state index >= 15 is 0 Å². The zero-order chi connectivity index (χ0) is 11.8. The number of hydrogen-bond donors (Lipinski definition) is 0. The molecule has 1 aromatic heterocycles. The minimum atomic E-state index is 0.0523. The van der Waals surface area contributed by atoms with Gasteiger partial charge in [-0.2, -0.15) is 0 Å². The first kappa shape index (κ1) is 10.6. The summed E-state index contributed by atoms with van der Waals surface area (Å²) in [6, 6.07) is 9.71. The Hall–Kier alpha value is -1.55. The van der Waals surface area contributed by atoms with Crippen LogP contribution in [0.3, 0.4) is 0 Å². The van der Waals surface area contributed by atoms with Gasteiger partial charge in [0.15, 0.2) is 5.16 Å². The lowest BCUT2D eigenvalue weighted by atomic mass is 10.1. The van der Waals surface area contributed by atoms with Gasteiger partial charge in [0.05, 0.1) is 5.69 Å². The lowest BCUT2D eigenvalue weighted by Gasteiger charge is -2.05. The van der Waals surface area contributed by atoms with Crippen molar-refractivity contribution < 1.29 is 0 Å². The average molecular weight is 244 g/mol. The molecular weight excluding hydrogens is 232 g/mol. The third-order valence-corrected chi connectivity index (χ3v) is 3.79. The Morgan fingerprint density at radius 2 is 2.24 bits per heavy atom. The maximum absolute atomic E-state index is 11.9. The molecule has 0 amide bonds. The van der Waals surface area contributed by atoms with E-state index in [9.17, 15) is 4.79 Å². The topological polar surface area (TPSA) is 34.9 Å². The summed E-state index contributed by atoms with van der Waals surface area (Å²) in [5.41, 5.74) is 3.02. The molecule has 0 aliphatic carbocycles. The highest BCUT2D eigenvalue weighted by atomic mass is 32.2. The van der Waals surface area contributed by atoms with Gasteiger partial charge in [0.25, 0.3) is 5.56 Å². The lowest BCUT2D eigenvalue weighted by molar-refractivity contribution is 0.658. The summed E-state index contributed by atoms with van der Waals surface area (Å²) in [5, 5.41) is 0.842. The van der Waals surface area contributed by atoms with E-state index < -0.39 is 0 Å². The van der Waals surface area contributed by atoms with Crippen LogP contribution in [0.5, 0.6) is 0 Å². The van der Waals surface area contributed by atoms with Crippen LogP contribution >= 0.6 is 11.8 Å². The molecule has 3 rings (SSSR count). The molecular formula is C13H12N2OS. The van der Waals surface area contributed by atoms with Crippen molar-refractivity contribution >= 4 is 11.8 Å². The third kappa shape index (κ3) is 1.89. The third-order valence-electron chi connectivity index (χ3n) is 2.83. The molecule has 0 bridgehead atoms. The van der Waals surface area contributed by atoms with Crippen molar-refractivity contribution in [3.05, 3.63) is 46.2 Å². The summed E-state index contributed by atoms with van der Waals surface area (Å²) in [6.45, 7) is 2.82. The predicted molar refractivity (Wildman–Crippen MR) is 69.4 cm³/mol. The molecule has 2 heterocycles. The van der Waals surface area contributed by atoms with Crippen molar-refractivity contribution in [2.24, 2.45) is 0 Å². The zero-order valence-corrected chi connectivity index (χ0v) is 10.3. The molecule has 1 aliphatic rings. The number of thioether (sulfide) groups is 1. The van der Waals surface area contributed by atoms with Gasteiger partial charge in [-0.05, 0) is 13.0 Å². The number of aromatic nitrogens is 2. The van der Waals surface area contributed by atoms with Crippen LogP contribution in [0.4, 0.5) is 0 Å². The number of nitrogens with zero attached hydrogens (tertiary/aromatic N) is 2. The Balaban J connectivity index is 2.16. The van der Waals surface area contributed by atoms with Crippen LogP contribution in [0.15, 0.2) is 40.3 Å². The smallest absolute Gasteiger partial charge is 0.254 e. The summed E-state index contributed by atoms with van der Waals surface area (Å²) < 4.78 is 1.74. The molecule has 0 saturated heterocycles. The second-order valence-electron chi connectivity index (χ2n) is 4.13. The normalized spacial score (nSPS) is 13.7. The number of rotatable bonds is 1. The molecule has 0 atom stereocenters. The maximum Gasteiger partial charge on any atom is 0.254 e. The van der Waals surface area contributed by atoms with E-state index in [4.69, 9.17) is 0 Å². The van der Waals surface area contributed by atoms with Gasteiger partial charge in [-0.1, -0.05) is 35.5 Å². The second-order valence-corrected chi connectivity index (χ2v) is 5.19. The molecule has 3 nitrogen and oxygen atoms in total. The predicted octanol–water partition coefficient (Wildman–Crippen LogP) is 2.32. The first-order valence-corrected chi connectivity index (χ1v) is 6.54. The molecule has 0 fully saturated rings. The molecule has 86 valence electrons. The molecule has 0 unspecified atom stereocenters. The number of aryl methyl sites for hydroxylation is 1. The van der Waals surface area contributed by atoms with Crippen molar-refractivity contribution in [3.63, 3.8) is 0 Å². The van der Waals surface area contributed by atoms with E-state index in [2.05, 4.69) is 11.1 Å². The Kier molecular flexibility index (Phi) is 2.52. The van der Waals surface area contributed by atoms with Crippen molar-refractivity contribution in [1.29, 1.82) is 0 Å². The average Bonchev–Trinajstić information content (AvgIpc) is 2.77. The summed E-state index contributed by atoms with van der Waals surface area (Å²) in [5.74, 6) is 0.944. The van der Waals surface area contributed by atoms with Gasteiger partial charge in [-0.25, -0.2) is 4.98 Å².